The molecule has 0 amide bonds. The zero-order valence-corrected chi connectivity index (χ0v) is 17.6. The first kappa shape index (κ1) is 19.3. The number of hydrogen-bond donors (Lipinski definition) is 2. The Morgan fingerprint density at radius 2 is 1.91 bits per heavy atom. The molecule has 0 aliphatic carbocycles. The Kier molecular flexibility index (Phi) is 5.89. The van der Waals surface area contributed by atoms with Gasteiger partial charge in [-0.2, -0.15) is 0 Å². The molecule has 1 heterocycles. The van der Waals surface area contributed by atoms with Gasteiger partial charge in [-0.25, -0.2) is 0 Å². The number of rotatable bonds is 5. The van der Waals surface area contributed by atoms with E-state index in [-0.39, 0.29) is 0 Å². The fourth-order valence-corrected chi connectivity index (χ4v) is 3.85. The normalized spacial score (nSPS) is 19.3. The van der Waals surface area contributed by atoms with Gasteiger partial charge in [0, 0.05) is 29.3 Å². The molecule has 23 heavy (non-hydrogen) atoms. The zero-order valence-electron chi connectivity index (χ0n) is 13.7. The van der Waals surface area contributed by atoms with Crippen LogP contribution in [-0.2, 0) is 9.31 Å². The highest BCUT2D eigenvalue weighted by Crippen LogP contribution is 2.40. The fourth-order valence-electron chi connectivity index (χ4n) is 2.38. The highest BCUT2D eigenvalue weighted by Gasteiger charge is 2.53. The van der Waals surface area contributed by atoms with Crippen molar-refractivity contribution < 1.29 is 14.0 Å². The van der Waals surface area contributed by atoms with E-state index in [1.807, 2.05) is 27.7 Å². The summed E-state index contributed by atoms with van der Waals surface area (Å²) < 4.78 is 17.7. The van der Waals surface area contributed by atoms with Crippen LogP contribution in [0.15, 0.2) is 6.07 Å². The van der Waals surface area contributed by atoms with E-state index in [9.17, 15) is 0 Å². The minimum absolute atomic E-state index is 0.449. The van der Waals surface area contributed by atoms with E-state index in [4.69, 9.17) is 31.1 Å². The maximum Gasteiger partial charge on any atom is 0.499 e. The molecular formula is C14H20BClIN2O3P. The van der Waals surface area contributed by atoms with Crippen molar-refractivity contribution in [2.75, 3.05) is 12.2 Å². The molecule has 0 spiro atoms. The molecule has 1 unspecified atom stereocenters. The predicted molar refractivity (Wildman–Crippen MR) is 108 cm³/mol. The average Bonchev–Trinajstić information content (AvgIpc) is 2.67. The van der Waals surface area contributed by atoms with Crippen molar-refractivity contribution in [2.24, 2.45) is 0 Å². The van der Waals surface area contributed by atoms with E-state index in [1.54, 1.807) is 13.2 Å². The molecule has 1 atom stereocenters. The smallest absolute Gasteiger partial charge is 0.496 e. The molecule has 0 saturated carbocycles. The maximum atomic E-state index is 7.83. The summed E-state index contributed by atoms with van der Waals surface area (Å²) in [6, 6.07) is 1.77. The minimum atomic E-state index is -0.650. The van der Waals surface area contributed by atoms with Crippen LogP contribution in [0, 0.1) is 5.41 Å². The van der Waals surface area contributed by atoms with Gasteiger partial charge in [0.1, 0.15) is 5.75 Å². The largest absolute Gasteiger partial charge is 0.499 e. The Morgan fingerprint density at radius 3 is 2.35 bits per heavy atom. The maximum absolute atomic E-state index is 7.83. The number of ether oxygens (including phenoxy) is 1. The molecule has 1 aliphatic heterocycles. The molecular weight excluding hydrogens is 448 g/mol. The summed E-state index contributed by atoms with van der Waals surface area (Å²) in [6.45, 7) is 7.94. The van der Waals surface area contributed by atoms with Crippen molar-refractivity contribution in [1.29, 1.82) is 5.41 Å². The van der Waals surface area contributed by atoms with Crippen molar-refractivity contribution in [3.05, 3.63) is 16.7 Å². The van der Waals surface area contributed by atoms with Crippen molar-refractivity contribution in [1.82, 2.24) is 0 Å². The summed E-state index contributed by atoms with van der Waals surface area (Å²) in [5, 5.41) is 11.5. The van der Waals surface area contributed by atoms with Crippen LogP contribution in [-0.4, -0.2) is 31.6 Å². The Labute approximate surface area is 157 Å². The Morgan fingerprint density at radius 1 is 1.35 bits per heavy atom. The van der Waals surface area contributed by atoms with Gasteiger partial charge >= 0.3 is 7.12 Å². The van der Waals surface area contributed by atoms with Crippen molar-refractivity contribution in [2.45, 2.75) is 38.9 Å². The second-order valence-corrected chi connectivity index (χ2v) is 8.68. The number of benzene rings is 1. The number of nitrogens with one attached hydrogen (secondary N) is 2. The standard InChI is InChI=1S/C14H20BClIN2O3P/c1-13(2)14(3,4)22-15(21-13)11-8(7-18)10(19-23-17)6-9(16)12(11)20-5/h6-7,18-19,23H,1-5H3. The average molecular weight is 468 g/mol. The fraction of sp³-hybridized carbons (Fsp3) is 0.500. The van der Waals surface area contributed by atoms with Crippen LogP contribution in [0.3, 0.4) is 0 Å². The van der Waals surface area contributed by atoms with Crippen LogP contribution in [0.2, 0.25) is 5.02 Å². The van der Waals surface area contributed by atoms with Crippen molar-refractivity contribution >= 4 is 64.5 Å². The number of anilines is 1. The molecule has 0 aromatic heterocycles. The Balaban J connectivity index is 2.63. The van der Waals surface area contributed by atoms with Crippen LogP contribution < -0.4 is 15.3 Å². The topological polar surface area (TPSA) is 63.6 Å². The zero-order chi connectivity index (χ0) is 17.4. The third kappa shape index (κ3) is 3.49. The lowest BCUT2D eigenvalue weighted by molar-refractivity contribution is 0.00578. The molecule has 1 aromatic carbocycles. The minimum Gasteiger partial charge on any atom is -0.496 e. The predicted octanol–water partition coefficient (Wildman–Crippen LogP) is 4.00. The van der Waals surface area contributed by atoms with Gasteiger partial charge in [-0.1, -0.05) is 11.6 Å². The van der Waals surface area contributed by atoms with Gasteiger partial charge in [-0.15, -0.1) is 0 Å². The van der Waals surface area contributed by atoms with Gasteiger partial charge in [-0.05, 0) is 55.8 Å². The summed E-state index contributed by atoms with van der Waals surface area (Å²) in [5.41, 5.74) is 1.11. The van der Waals surface area contributed by atoms with E-state index in [0.717, 1.165) is 5.69 Å². The second kappa shape index (κ2) is 7.04. The summed E-state index contributed by atoms with van der Waals surface area (Å²) in [4.78, 5) is 0. The summed E-state index contributed by atoms with van der Waals surface area (Å²) in [7, 11) is 0.903. The van der Waals surface area contributed by atoms with Gasteiger partial charge in [-0.3, -0.25) is 0 Å². The SMILES string of the molecule is COc1c(Cl)cc(NPI)c(C=N)c1B1OC(C)(C)C(C)(C)O1. The third-order valence-corrected chi connectivity index (χ3v) is 5.79. The lowest BCUT2D eigenvalue weighted by Crippen LogP contribution is -2.41. The third-order valence-electron chi connectivity index (χ3n) is 4.33. The van der Waals surface area contributed by atoms with E-state index < -0.39 is 18.3 Å². The molecule has 2 N–H and O–H groups in total. The quantitative estimate of drug-likeness (QED) is 0.297. The Hall–Kier alpha value is -0.0751. The number of hydrogen-bond acceptors (Lipinski definition) is 5. The first-order valence-corrected chi connectivity index (χ1v) is 11.6. The van der Waals surface area contributed by atoms with Crippen LogP contribution in [0.4, 0.5) is 5.69 Å². The van der Waals surface area contributed by atoms with Gasteiger partial charge < -0.3 is 24.5 Å². The highest BCUT2D eigenvalue weighted by atomic mass is 127. The number of methoxy groups -OCH3 is 1. The monoisotopic (exact) mass is 468 g/mol. The summed E-state index contributed by atoms with van der Waals surface area (Å²) in [6.07, 6.45) is 1.72. The molecule has 2 rings (SSSR count). The van der Waals surface area contributed by atoms with E-state index in [2.05, 4.69) is 27.1 Å². The molecule has 1 aliphatic rings. The van der Waals surface area contributed by atoms with E-state index >= 15 is 0 Å². The first-order valence-electron chi connectivity index (χ1n) is 7.06. The van der Waals surface area contributed by atoms with Gasteiger partial charge in [0.25, 0.3) is 0 Å². The van der Waals surface area contributed by atoms with Crippen molar-refractivity contribution in [3.63, 3.8) is 0 Å². The Bertz CT molecular complexity index is 615. The summed E-state index contributed by atoms with van der Waals surface area (Å²) >= 11 is 8.60. The summed E-state index contributed by atoms with van der Waals surface area (Å²) in [5.74, 6) is 0.478. The van der Waals surface area contributed by atoms with E-state index in [1.165, 1.54) is 6.21 Å². The van der Waals surface area contributed by atoms with Crippen LogP contribution in [0.25, 0.3) is 0 Å². The van der Waals surface area contributed by atoms with E-state index in [0.29, 0.717) is 28.2 Å². The second-order valence-electron chi connectivity index (χ2n) is 6.22. The molecule has 1 aromatic rings. The van der Waals surface area contributed by atoms with Gasteiger partial charge in [0.15, 0.2) is 0 Å². The lowest BCUT2D eigenvalue weighted by atomic mass is 9.74. The lowest BCUT2D eigenvalue weighted by Gasteiger charge is -2.32. The molecule has 126 valence electrons. The molecule has 5 nitrogen and oxygen atoms in total. The molecule has 0 bridgehead atoms. The molecule has 0 radical (unpaired) electrons. The van der Waals surface area contributed by atoms with Crippen LogP contribution in [0.1, 0.15) is 33.3 Å². The van der Waals surface area contributed by atoms with Gasteiger partial charge in [0.2, 0.25) is 0 Å². The number of halogens is 2. The first-order chi connectivity index (χ1) is 10.7. The molecule has 9 heteroatoms. The molecule has 1 fully saturated rings. The highest BCUT2D eigenvalue weighted by molar-refractivity contribution is 14.2. The van der Waals surface area contributed by atoms with Gasteiger partial charge in [0.05, 0.1) is 23.3 Å². The van der Waals surface area contributed by atoms with Crippen LogP contribution >= 0.6 is 40.0 Å². The molecule has 1 saturated heterocycles. The van der Waals surface area contributed by atoms with Crippen LogP contribution in [0.5, 0.6) is 5.75 Å². The van der Waals surface area contributed by atoms with Crippen molar-refractivity contribution in [3.8, 4) is 5.75 Å².